The average molecular weight is 261 g/mol. The van der Waals surface area contributed by atoms with Gasteiger partial charge in [0.05, 0.1) is 18.9 Å². The lowest BCUT2D eigenvalue weighted by Crippen LogP contribution is -2.30. The molecule has 1 aliphatic carbocycles. The van der Waals surface area contributed by atoms with Crippen LogP contribution in [-0.2, 0) is 16.1 Å². The molecule has 19 heavy (non-hydrogen) atoms. The van der Waals surface area contributed by atoms with Gasteiger partial charge in [-0.05, 0) is 17.7 Å². The van der Waals surface area contributed by atoms with E-state index in [2.05, 4.69) is 0 Å². The van der Waals surface area contributed by atoms with Gasteiger partial charge in [0.25, 0.3) is 0 Å². The van der Waals surface area contributed by atoms with Crippen molar-refractivity contribution in [2.75, 3.05) is 13.7 Å². The minimum Gasteiger partial charge on any atom is -0.497 e. The SMILES string of the molecule is COc1cccc(CN2CC3C(C(=O)O)C3C2=O)c1. The standard InChI is InChI=1S/C14H15NO4/c1-19-9-4-2-3-8(5-9)6-15-7-10-11(13(15)16)12(10)14(17)18/h2-5,10-12H,6-7H2,1H3,(H,17,18). The van der Waals surface area contributed by atoms with Crippen molar-refractivity contribution < 1.29 is 19.4 Å². The summed E-state index contributed by atoms with van der Waals surface area (Å²) in [5.41, 5.74) is 1.00. The number of hydrogen-bond acceptors (Lipinski definition) is 3. The van der Waals surface area contributed by atoms with E-state index in [1.165, 1.54) is 0 Å². The highest BCUT2D eigenvalue weighted by Gasteiger charge is 2.65. The van der Waals surface area contributed by atoms with Crippen molar-refractivity contribution >= 4 is 11.9 Å². The van der Waals surface area contributed by atoms with E-state index in [4.69, 9.17) is 9.84 Å². The number of carbonyl (C=O) groups is 2. The number of carbonyl (C=O) groups excluding carboxylic acids is 1. The van der Waals surface area contributed by atoms with E-state index in [9.17, 15) is 9.59 Å². The Bertz CT molecular complexity index is 542. The zero-order chi connectivity index (χ0) is 13.6. The van der Waals surface area contributed by atoms with E-state index < -0.39 is 11.9 Å². The Kier molecular flexibility index (Phi) is 2.69. The molecule has 2 fully saturated rings. The lowest BCUT2D eigenvalue weighted by Gasteiger charge is -2.19. The number of carboxylic acids is 1. The van der Waals surface area contributed by atoms with Gasteiger partial charge in [-0.2, -0.15) is 0 Å². The van der Waals surface area contributed by atoms with Crippen LogP contribution in [0.15, 0.2) is 24.3 Å². The molecule has 5 nitrogen and oxygen atoms in total. The fourth-order valence-corrected chi connectivity index (χ4v) is 2.96. The van der Waals surface area contributed by atoms with Crippen molar-refractivity contribution in [1.29, 1.82) is 0 Å². The third-order valence-electron chi connectivity index (χ3n) is 3.99. The molecule has 1 saturated heterocycles. The van der Waals surface area contributed by atoms with Crippen molar-refractivity contribution in [3.63, 3.8) is 0 Å². The second-order valence-electron chi connectivity index (χ2n) is 5.12. The number of benzene rings is 1. The third-order valence-corrected chi connectivity index (χ3v) is 3.99. The molecule has 0 bridgehead atoms. The van der Waals surface area contributed by atoms with Crippen LogP contribution in [0, 0.1) is 17.8 Å². The van der Waals surface area contributed by atoms with Gasteiger partial charge in [0.2, 0.25) is 5.91 Å². The van der Waals surface area contributed by atoms with Crippen LogP contribution < -0.4 is 4.74 Å². The number of methoxy groups -OCH3 is 1. The molecule has 1 heterocycles. The molecule has 1 aliphatic heterocycles. The minimum atomic E-state index is -0.843. The smallest absolute Gasteiger partial charge is 0.307 e. The van der Waals surface area contributed by atoms with Crippen LogP contribution in [0.1, 0.15) is 5.56 Å². The van der Waals surface area contributed by atoms with Gasteiger partial charge in [0, 0.05) is 19.0 Å². The van der Waals surface area contributed by atoms with Gasteiger partial charge in [-0.25, -0.2) is 0 Å². The number of amides is 1. The number of piperidine rings is 1. The van der Waals surface area contributed by atoms with Gasteiger partial charge in [-0.3, -0.25) is 9.59 Å². The number of likely N-dealkylation sites (tertiary alicyclic amines) is 1. The summed E-state index contributed by atoms with van der Waals surface area (Å²) in [5.74, 6) is -0.838. The number of ether oxygens (including phenoxy) is 1. The zero-order valence-electron chi connectivity index (χ0n) is 10.6. The Morgan fingerprint density at radius 3 is 2.89 bits per heavy atom. The second-order valence-corrected chi connectivity index (χ2v) is 5.12. The maximum Gasteiger partial charge on any atom is 0.307 e. The van der Waals surface area contributed by atoms with E-state index in [1.807, 2.05) is 24.3 Å². The predicted molar refractivity (Wildman–Crippen MR) is 66.5 cm³/mol. The van der Waals surface area contributed by atoms with Crippen molar-refractivity contribution in [2.45, 2.75) is 6.54 Å². The first-order chi connectivity index (χ1) is 9.11. The lowest BCUT2D eigenvalue weighted by molar-refractivity contribution is -0.143. The maximum absolute atomic E-state index is 12.1. The molecule has 1 saturated carbocycles. The van der Waals surface area contributed by atoms with Crippen LogP contribution in [0.2, 0.25) is 0 Å². The summed E-state index contributed by atoms with van der Waals surface area (Å²) in [6.07, 6.45) is 0. The molecule has 100 valence electrons. The van der Waals surface area contributed by atoms with Crippen molar-refractivity contribution in [1.82, 2.24) is 4.90 Å². The Balaban J connectivity index is 1.67. The first-order valence-corrected chi connectivity index (χ1v) is 6.26. The van der Waals surface area contributed by atoms with Crippen molar-refractivity contribution in [2.24, 2.45) is 17.8 Å². The van der Waals surface area contributed by atoms with E-state index in [-0.39, 0.29) is 17.7 Å². The highest BCUT2D eigenvalue weighted by atomic mass is 16.5. The summed E-state index contributed by atoms with van der Waals surface area (Å²) in [6, 6.07) is 7.57. The van der Waals surface area contributed by atoms with Crippen LogP contribution in [0.5, 0.6) is 5.75 Å². The molecule has 1 N–H and O–H groups in total. The second kappa shape index (κ2) is 4.26. The zero-order valence-corrected chi connectivity index (χ0v) is 10.6. The summed E-state index contributed by atoms with van der Waals surface area (Å²) in [7, 11) is 1.60. The first-order valence-electron chi connectivity index (χ1n) is 6.26. The number of hydrogen-bond donors (Lipinski definition) is 1. The van der Waals surface area contributed by atoms with Crippen LogP contribution in [0.25, 0.3) is 0 Å². The molecule has 3 atom stereocenters. The normalized spacial score (nSPS) is 28.2. The molecular weight excluding hydrogens is 246 g/mol. The highest BCUT2D eigenvalue weighted by molar-refractivity contribution is 5.93. The first kappa shape index (κ1) is 12.0. The highest BCUT2D eigenvalue weighted by Crippen LogP contribution is 2.52. The topological polar surface area (TPSA) is 66.8 Å². The van der Waals surface area contributed by atoms with Gasteiger partial charge in [-0.1, -0.05) is 12.1 Å². The summed E-state index contributed by atoms with van der Waals surface area (Å²) in [6.45, 7) is 1.08. The van der Waals surface area contributed by atoms with Gasteiger partial charge in [0.15, 0.2) is 0 Å². The molecule has 0 aromatic heterocycles. The molecule has 1 aromatic rings. The number of fused-ring (bicyclic) bond motifs is 1. The van der Waals surface area contributed by atoms with E-state index in [0.717, 1.165) is 11.3 Å². The maximum atomic E-state index is 12.1. The molecule has 1 aromatic carbocycles. The van der Waals surface area contributed by atoms with Crippen LogP contribution in [0.3, 0.4) is 0 Å². The molecule has 5 heteroatoms. The summed E-state index contributed by atoms with van der Waals surface area (Å²) >= 11 is 0. The van der Waals surface area contributed by atoms with Crippen molar-refractivity contribution in [3.8, 4) is 5.75 Å². The molecule has 3 rings (SSSR count). The fraction of sp³-hybridized carbons (Fsp3) is 0.429. The monoisotopic (exact) mass is 261 g/mol. The fourth-order valence-electron chi connectivity index (χ4n) is 2.96. The largest absolute Gasteiger partial charge is 0.497 e. The number of carboxylic acid groups (broad SMARTS) is 1. The van der Waals surface area contributed by atoms with Crippen molar-refractivity contribution in [3.05, 3.63) is 29.8 Å². The number of nitrogens with zero attached hydrogens (tertiary/aromatic N) is 1. The van der Waals surface area contributed by atoms with E-state index in [0.29, 0.717) is 13.1 Å². The molecule has 0 spiro atoms. The molecule has 1 amide bonds. The molecule has 2 aliphatic rings. The van der Waals surface area contributed by atoms with E-state index >= 15 is 0 Å². The average Bonchev–Trinajstić information content (AvgIpc) is 3.03. The van der Waals surface area contributed by atoms with Crippen LogP contribution in [-0.4, -0.2) is 35.5 Å². The Morgan fingerprint density at radius 2 is 2.32 bits per heavy atom. The lowest BCUT2D eigenvalue weighted by atomic mass is 10.2. The molecule has 0 radical (unpaired) electrons. The van der Waals surface area contributed by atoms with Gasteiger partial charge in [-0.15, -0.1) is 0 Å². The Hall–Kier alpha value is -2.04. The van der Waals surface area contributed by atoms with Gasteiger partial charge >= 0.3 is 5.97 Å². The van der Waals surface area contributed by atoms with Gasteiger partial charge in [0.1, 0.15) is 5.75 Å². The Morgan fingerprint density at radius 1 is 1.53 bits per heavy atom. The number of aliphatic carboxylic acids is 1. The summed E-state index contributed by atoms with van der Waals surface area (Å²) in [5, 5.41) is 8.93. The summed E-state index contributed by atoms with van der Waals surface area (Å²) < 4.78 is 5.14. The van der Waals surface area contributed by atoms with Crippen LogP contribution >= 0.6 is 0 Å². The van der Waals surface area contributed by atoms with E-state index in [1.54, 1.807) is 12.0 Å². The number of rotatable bonds is 4. The molecular formula is C14H15NO4. The minimum absolute atomic E-state index is 0.00982. The molecule has 3 unspecified atom stereocenters. The Labute approximate surface area is 110 Å². The predicted octanol–water partition coefficient (Wildman–Crippen LogP) is 0.984. The quantitative estimate of drug-likeness (QED) is 0.877. The van der Waals surface area contributed by atoms with Gasteiger partial charge < -0.3 is 14.7 Å². The summed E-state index contributed by atoms with van der Waals surface area (Å²) in [4.78, 5) is 24.7. The third kappa shape index (κ3) is 1.95. The van der Waals surface area contributed by atoms with Crippen LogP contribution in [0.4, 0.5) is 0 Å².